The van der Waals surface area contributed by atoms with Gasteiger partial charge in [0.05, 0.1) is 24.0 Å². The third kappa shape index (κ3) is 4.64. The fraction of sp³-hybridized carbons (Fsp3) is 0.353. The number of nitrogens with two attached hydrogens (primary N) is 1. The molecule has 2 aromatic rings. The first-order valence-corrected chi connectivity index (χ1v) is 7.98. The molecule has 1 amide bonds. The van der Waals surface area contributed by atoms with Gasteiger partial charge in [-0.05, 0) is 45.0 Å². The molecular weight excluding hydrogens is 365 g/mol. The molecule has 0 atom stereocenters. The van der Waals surface area contributed by atoms with Gasteiger partial charge in [0.15, 0.2) is 5.69 Å². The number of rotatable bonds is 5. The number of anilines is 1. The van der Waals surface area contributed by atoms with E-state index < -0.39 is 34.8 Å². The summed E-state index contributed by atoms with van der Waals surface area (Å²) in [5, 5.41) is 6.23. The van der Waals surface area contributed by atoms with E-state index in [9.17, 15) is 22.8 Å². The number of amides is 1. The van der Waals surface area contributed by atoms with E-state index in [0.29, 0.717) is 10.4 Å². The molecule has 0 aliphatic heterocycles. The van der Waals surface area contributed by atoms with E-state index in [-0.39, 0.29) is 12.3 Å². The van der Waals surface area contributed by atoms with Crippen LogP contribution in [0.4, 0.5) is 18.9 Å². The highest BCUT2D eigenvalue weighted by Crippen LogP contribution is 2.34. The first kappa shape index (κ1) is 20.4. The van der Waals surface area contributed by atoms with Crippen molar-refractivity contribution in [3.8, 4) is 5.69 Å². The fourth-order valence-corrected chi connectivity index (χ4v) is 2.15. The van der Waals surface area contributed by atoms with Crippen LogP contribution >= 0.6 is 0 Å². The van der Waals surface area contributed by atoms with Crippen LogP contribution < -0.4 is 11.1 Å². The molecule has 0 radical (unpaired) electrons. The van der Waals surface area contributed by atoms with Crippen LogP contribution in [0.5, 0.6) is 0 Å². The van der Waals surface area contributed by atoms with Crippen LogP contribution in [0.1, 0.15) is 36.8 Å². The van der Waals surface area contributed by atoms with Gasteiger partial charge in [0.1, 0.15) is 5.56 Å². The molecule has 0 bridgehead atoms. The van der Waals surface area contributed by atoms with Gasteiger partial charge in [0, 0.05) is 5.69 Å². The summed E-state index contributed by atoms with van der Waals surface area (Å²) in [5.74, 6) is -1.56. The Morgan fingerprint density at radius 2 is 1.81 bits per heavy atom. The zero-order valence-corrected chi connectivity index (χ0v) is 14.9. The summed E-state index contributed by atoms with van der Waals surface area (Å²) in [6.45, 7) is 4.47. The summed E-state index contributed by atoms with van der Waals surface area (Å²) in [7, 11) is 0. The van der Waals surface area contributed by atoms with Gasteiger partial charge in [-0.2, -0.15) is 18.3 Å². The molecule has 146 valence electrons. The number of aromatic nitrogens is 2. The topological polar surface area (TPSA) is 99.2 Å². The SMILES string of the molecule is CCOC(=O)c1cnn(-c2ccc(NC(=O)C(C)(C)N)cc2)c1C(F)(F)F. The van der Waals surface area contributed by atoms with Crippen LogP contribution in [0.3, 0.4) is 0 Å². The van der Waals surface area contributed by atoms with E-state index in [0.717, 1.165) is 6.20 Å². The molecule has 2 rings (SSSR count). The Labute approximate surface area is 153 Å². The van der Waals surface area contributed by atoms with Crippen LogP contribution in [0.2, 0.25) is 0 Å². The Hall–Kier alpha value is -2.88. The molecule has 1 heterocycles. The molecule has 7 nitrogen and oxygen atoms in total. The van der Waals surface area contributed by atoms with Gasteiger partial charge in [-0.25, -0.2) is 9.48 Å². The Morgan fingerprint density at radius 1 is 1.22 bits per heavy atom. The molecule has 0 aliphatic carbocycles. The van der Waals surface area contributed by atoms with Crippen molar-refractivity contribution in [2.24, 2.45) is 5.73 Å². The zero-order valence-electron chi connectivity index (χ0n) is 14.9. The molecule has 1 aromatic carbocycles. The predicted octanol–water partition coefficient (Wildman–Crippen LogP) is 2.74. The molecule has 0 saturated heterocycles. The molecular formula is C17H19F3N4O3. The molecule has 1 aromatic heterocycles. The second kappa shape index (κ2) is 7.39. The number of alkyl halides is 3. The maximum absolute atomic E-state index is 13.5. The normalized spacial score (nSPS) is 12.0. The zero-order chi connectivity index (χ0) is 20.4. The maximum atomic E-state index is 13.5. The predicted molar refractivity (Wildman–Crippen MR) is 91.4 cm³/mol. The number of nitrogens with zero attached hydrogens (tertiary/aromatic N) is 2. The number of benzene rings is 1. The molecule has 10 heteroatoms. The van der Waals surface area contributed by atoms with Gasteiger partial charge in [0.25, 0.3) is 0 Å². The van der Waals surface area contributed by atoms with Crippen LogP contribution in [0.25, 0.3) is 5.69 Å². The lowest BCUT2D eigenvalue weighted by atomic mass is 10.1. The number of nitrogens with one attached hydrogen (secondary N) is 1. The number of ether oxygens (including phenoxy) is 1. The number of carbonyl (C=O) groups is 2. The summed E-state index contributed by atoms with van der Waals surface area (Å²) >= 11 is 0. The second-order valence-corrected chi connectivity index (χ2v) is 6.26. The Morgan fingerprint density at radius 3 is 2.30 bits per heavy atom. The van der Waals surface area contributed by atoms with E-state index in [1.807, 2.05) is 0 Å². The summed E-state index contributed by atoms with van der Waals surface area (Å²) in [6.07, 6.45) is -4.01. The first-order chi connectivity index (χ1) is 12.4. The number of hydrogen-bond donors (Lipinski definition) is 2. The summed E-state index contributed by atoms with van der Waals surface area (Å²) in [6, 6.07) is 5.47. The van der Waals surface area contributed by atoms with Gasteiger partial charge in [-0.15, -0.1) is 0 Å². The van der Waals surface area contributed by atoms with Gasteiger partial charge < -0.3 is 15.8 Å². The number of halogens is 3. The van der Waals surface area contributed by atoms with Crippen molar-refractivity contribution in [2.45, 2.75) is 32.5 Å². The smallest absolute Gasteiger partial charge is 0.434 e. The summed E-state index contributed by atoms with van der Waals surface area (Å²) in [5.41, 5.74) is 3.07. The van der Waals surface area contributed by atoms with Crippen molar-refractivity contribution in [3.05, 3.63) is 41.7 Å². The fourth-order valence-electron chi connectivity index (χ4n) is 2.15. The lowest BCUT2D eigenvalue weighted by Gasteiger charge is -2.18. The Bertz CT molecular complexity index is 837. The van der Waals surface area contributed by atoms with Crippen molar-refractivity contribution < 1.29 is 27.5 Å². The van der Waals surface area contributed by atoms with E-state index in [4.69, 9.17) is 5.73 Å². The standard InChI is InChI=1S/C17H19F3N4O3/c1-4-27-14(25)12-9-22-24(13(12)17(18,19)20)11-7-5-10(6-8-11)23-15(26)16(2,3)21/h5-9H,4,21H2,1-3H3,(H,23,26). The molecule has 0 spiro atoms. The van der Waals surface area contributed by atoms with Crippen LogP contribution in [0.15, 0.2) is 30.5 Å². The lowest BCUT2D eigenvalue weighted by molar-refractivity contribution is -0.143. The highest BCUT2D eigenvalue weighted by atomic mass is 19.4. The monoisotopic (exact) mass is 384 g/mol. The number of esters is 1. The van der Waals surface area contributed by atoms with Crippen LogP contribution in [-0.2, 0) is 15.7 Å². The third-order valence-electron chi connectivity index (χ3n) is 3.49. The minimum Gasteiger partial charge on any atom is -0.462 e. The van der Waals surface area contributed by atoms with Crippen LogP contribution in [-0.4, -0.2) is 33.8 Å². The quantitative estimate of drug-likeness (QED) is 0.773. The highest BCUT2D eigenvalue weighted by Gasteiger charge is 2.41. The summed E-state index contributed by atoms with van der Waals surface area (Å²) < 4.78 is 45.7. The van der Waals surface area contributed by atoms with Crippen molar-refractivity contribution >= 4 is 17.6 Å². The minimum atomic E-state index is -4.82. The molecule has 0 unspecified atom stereocenters. The highest BCUT2D eigenvalue weighted by molar-refractivity contribution is 5.97. The first-order valence-electron chi connectivity index (χ1n) is 7.98. The second-order valence-electron chi connectivity index (χ2n) is 6.26. The van der Waals surface area contributed by atoms with E-state index in [1.54, 1.807) is 0 Å². The van der Waals surface area contributed by atoms with Gasteiger partial charge in [0.2, 0.25) is 5.91 Å². The molecule has 0 aliphatic rings. The van der Waals surface area contributed by atoms with Crippen molar-refractivity contribution in [3.63, 3.8) is 0 Å². The molecule has 0 saturated carbocycles. The van der Waals surface area contributed by atoms with Crippen LogP contribution in [0, 0.1) is 0 Å². The van der Waals surface area contributed by atoms with Gasteiger partial charge in [-0.3, -0.25) is 4.79 Å². The average molecular weight is 384 g/mol. The van der Waals surface area contributed by atoms with E-state index in [1.165, 1.54) is 45.0 Å². The van der Waals surface area contributed by atoms with E-state index in [2.05, 4.69) is 15.2 Å². The average Bonchev–Trinajstić information content (AvgIpc) is 3.00. The molecule has 0 fully saturated rings. The van der Waals surface area contributed by atoms with Crippen molar-refractivity contribution in [1.82, 2.24) is 9.78 Å². The van der Waals surface area contributed by atoms with Crippen molar-refractivity contribution in [1.29, 1.82) is 0 Å². The molecule has 3 N–H and O–H groups in total. The lowest BCUT2D eigenvalue weighted by Crippen LogP contribution is -2.45. The largest absolute Gasteiger partial charge is 0.462 e. The van der Waals surface area contributed by atoms with Crippen molar-refractivity contribution in [2.75, 3.05) is 11.9 Å². The maximum Gasteiger partial charge on any atom is 0.434 e. The number of carbonyl (C=O) groups excluding carboxylic acids is 2. The summed E-state index contributed by atoms with van der Waals surface area (Å²) in [4.78, 5) is 23.7. The van der Waals surface area contributed by atoms with Gasteiger partial charge >= 0.3 is 12.1 Å². The van der Waals surface area contributed by atoms with Gasteiger partial charge in [-0.1, -0.05) is 0 Å². The van der Waals surface area contributed by atoms with E-state index >= 15 is 0 Å². The number of hydrogen-bond acceptors (Lipinski definition) is 5. The Balaban J connectivity index is 2.38. The Kier molecular flexibility index (Phi) is 5.59. The molecule has 27 heavy (non-hydrogen) atoms. The third-order valence-corrected chi connectivity index (χ3v) is 3.49. The minimum absolute atomic E-state index is 0.0582.